The molecule has 0 saturated carbocycles. The van der Waals surface area contributed by atoms with E-state index in [1.807, 2.05) is 0 Å². The molecule has 0 unspecified atom stereocenters. The summed E-state index contributed by atoms with van der Waals surface area (Å²) in [5, 5.41) is 0. The van der Waals surface area contributed by atoms with Gasteiger partial charge in [0.2, 0.25) is 0 Å². The van der Waals surface area contributed by atoms with Crippen molar-refractivity contribution in [2.75, 3.05) is 39.7 Å². The first-order valence-electron chi connectivity index (χ1n) is 5.09. The Labute approximate surface area is 132 Å². The summed E-state index contributed by atoms with van der Waals surface area (Å²) in [6.45, 7) is -1.29. The Morgan fingerprint density at radius 1 is 1.20 bits per heavy atom. The van der Waals surface area contributed by atoms with E-state index < -0.39 is 13.4 Å². The maximum atomic E-state index is 12.0. The van der Waals surface area contributed by atoms with Gasteiger partial charge in [0, 0.05) is 13.1 Å². The first-order chi connectivity index (χ1) is 6.47. The summed E-state index contributed by atoms with van der Waals surface area (Å²) in [6.07, 6.45) is 1.63. The number of nitrogens with zero attached hydrogens (tertiary/aromatic N) is 2. The van der Waals surface area contributed by atoms with E-state index in [2.05, 4.69) is 4.90 Å². The van der Waals surface area contributed by atoms with Crippen LogP contribution in [0.25, 0.3) is 0 Å². The van der Waals surface area contributed by atoms with Gasteiger partial charge in [-0.25, -0.2) is 0 Å². The van der Waals surface area contributed by atoms with Gasteiger partial charge < -0.3 is 22.7 Å². The zero-order valence-corrected chi connectivity index (χ0v) is 12.7. The zero-order chi connectivity index (χ0) is 10.6. The molecule has 0 radical (unpaired) electrons. The van der Waals surface area contributed by atoms with Crippen LogP contribution in [0.1, 0.15) is 12.8 Å². The van der Waals surface area contributed by atoms with Crippen LogP contribution in [-0.4, -0.2) is 56.4 Å². The fraction of sp³-hybridized carbons (Fsp3) is 1.00. The first-order valence-corrected chi connectivity index (χ1v) is 5.09. The van der Waals surface area contributed by atoms with Crippen molar-refractivity contribution in [1.29, 1.82) is 0 Å². The standard InChI is InChI=1S/C8H17BF3N2.K/c1-13(8-9(10,11)12)6-7-14-4-2-3-5-14;/h2-8H2,1H3;/q-1;+1. The summed E-state index contributed by atoms with van der Waals surface area (Å²) < 4.78 is 36.0. The normalized spacial score (nSPS) is 18.2. The van der Waals surface area contributed by atoms with E-state index in [0.717, 1.165) is 19.6 Å². The Morgan fingerprint density at radius 3 is 2.20 bits per heavy atom. The van der Waals surface area contributed by atoms with Crippen LogP contribution in [0.5, 0.6) is 0 Å². The van der Waals surface area contributed by atoms with Gasteiger partial charge >= 0.3 is 58.4 Å². The third-order valence-electron chi connectivity index (χ3n) is 2.52. The van der Waals surface area contributed by atoms with E-state index in [9.17, 15) is 12.9 Å². The Balaban J connectivity index is 0.00000196. The molecule has 1 aliphatic rings. The summed E-state index contributed by atoms with van der Waals surface area (Å²) in [5.41, 5.74) is 0. The van der Waals surface area contributed by atoms with Crippen LogP contribution in [-0.2, 0) is 0 Å². The molecule has 1 aliphatic heterocycles. The molecule has 1 heterocycles. The summed E-state index contributed by atoms with van der Waals surface area (Å²) in [4.78, 5) is 3.58. The van der Waals surface area contributed by atoms with Crippen LogP contribution in [0, 0.1) is 0 Å². The average molecular weight is 248 g/mol. The Morgan fingerprint density at radius 2 is 1.73 bits per heavy atom. The number of halogens is 3. The minimum atomic E-state index is -4.66. The van der Waals surface area contributed by atoms with Gasteiger partial charge in [0.1, 0.15) is 0 Å². The van der Waals surface area contributed by atoms with E-state index in [0.29, 0.717) is 6.54 Å². The molecular weight excluding hydrogens is 231 g/mol. The smallest absolute Gasteiger partial charge is 0.448 e. The van der Waals surface area contributed by atoms with Crippen molar-refractivity contribution in [1.82, 2.24) is 9.80 Å². The summed E-state index contributed by atoms with van der Waals surface area (Å²) in [6, 6.07) is 0. The molecular formula is C8H17BF3KN2. The summed E-state index contributed by atoms with van der Waals surface area (Å²) >= 11 is 0. The molecule has 2 nitrogen and oxygen atoms in total. The van der Waals surface area contributed by atoms with Crippen LogP contribution < -0.4 is 51.4 Å². The van der Waals surface area contributed by atoms with Crippen molar-refractivity contribution in [3.05, 3.63) is 0 Å². The maximum absolute atomic E-state index is 12.0. The molecule has 0 bridgehead atoms. The quantitative estimate of drug-likeness (QED) is 0.541. The molecule has 84 valence electrons. The molecule has 0 aromatic heterocycles. The van der Waals surface area contributed by atoms with Crippen molar-refractivity contribution in [2.24, 2.45) is 0 Å². The molecule has 15 heavy (non-hydrogen) atoms. The molecule has 1 fully saturated rings. The second-order valence-corrected chi connectivity index (χ2v) is 4.02. The van der Waals surface area contributed by atoms with Crippen LogP contribution in [0.3, 0.4) is 0 Å². The minimum Gasteiger partial charge on any atom is -0.448 e. The second-order valence-electron chi connectivity index (χ2n) is 4.02. The topological polar surface area (TPSA) is 6.48 Å². The Bertz CT molecular complexity index is 174. The number of rotatable bonds is 5. The van der Waals surface area contributed by atoms with Gasteiger partial charge in [-0.15, -0.1) is 0 Å². The second kappa shape index (κ2) is 7.68. The van der Waals surface area contributed by atoms with Crippen molar-refractivity contribution >= 4 is 6.98 Å². The van der Waals surface area contributed by atoms with E-state index >= 15 is 0 Å². The van der Waals surface area contributed by atoms with Gasteiger partial charge in [0.15, 0.2) is 0 Å². The molecule has 0 N–H and O–H groups in total. The van der Waals surface area contributed by atoms with Gasteiger partial charge in [-0.05, 0) is 39.4 Å². The van der Waals surface area contributed by atoms with E-state index in [1.54, 1.807) is 0 Å². The summed E-state index contributed by atoms with van der Waals surface area (Å²) in [5.74, 6) is 0. The SMILES string of the molecule is CN(CCN1CCCC1)C[B-](F)(F)F.[K+]. The maximum Gasteiger partial charge on any atom is 1.00 e. The van der Waals surface area contributed by atoms with E-state index in [4.69, 9.17) is 0 Å². The number of likely N-dealkylation sites (N-methyl/N-ethyl adjacent to an activating group) is 1. The predicted octanol–water partition coefficient (Wildman–Crippen LogP) is -1.60. The molecule has 0 aromatic carbocycles. The van der Waals surface area contributed by atoms with Crippen molar-refractivity contribution in [3.63, 3.8) is 0 Å². The van der Waals surface area contributed by atoms with Gasteiger partial charge in [0.05, 0.1) is 0 Å². The van der Waals surface area contributed by atoms with E-state index in [1.165, 1.54) is 24.8 Å². The van der Waals surface area contributed by atoms with Crippen LogP contribution in [0.15, 0.2) is 0 Å². The van der Waals surface area contributed by atoms with Gasteiger partial charge in [-0.1, -0.05) is 0 Å². The van der Waals surface area contributed by atoms with Crippen molar-refractivity contribution < 1.29 is 64.3 Å². The monoisotopic (exact) mass is 248 g/mol. The third-order valence-corrected chi connectivity index (χ3v) is 2.52. The Hall–Kier alpha value is 1.41. The number of likely N-dealkylation sites (tertiary alicyclic amines) is 1. The molecule has 7 heteroatoms. The fourth-order valence-electron chi connectivity index (χ4n) is 1.76. The molecule has 0 aromatic rings. The first kappa shape index (κ1) is 16.4. The third kappa shape index (κ3) is 8.18. The van der Waals surface area contributed by atoms with Gasteiger partial charge in [0.25, 0.3) is 0 Å². The van der Waals surface area contributed by atoms with E-state index in [-0.39, 0.29) is 51.4 Å². The van der Waals surface area contributed by atoms with Crippen molar-refractivity contribution in [2.45, 2.75) is 12.8 Å². The molecule has 1 rings (SSSR count). The molecule has 0 spiro atoms. The summed E-state index contributed by atoms with van der Waals surface area (Å²) in [7, 11) is 1.53. The predicted molar refractivity (Wildman–Crippen MR) is 52.2 cm³/mol. The average Bonchev–Trinajstić information content (AvgIpc) is 2.49. The Kier molecular flexibility index (Phi) is 8.41. The fourth-order valence-corrected chi connectivity index (χ4v) is 1.76. The molecule has 1 saturated heterocycles. The number of hydrogen-bond donors (Lipinski definition) is 0. The van der Waals surface area contributed by atoms with Crippen LogP contribution >= 0.6 is 0 Å². The van der Waals surface area contributed by atoms with Gasteiger partial charge in [-0.2, -0.15) is 0 Å². The largest absolute Gasteiger partial charge is 1.00 e. The number of hydrogen-bond acceptors (Lipinski definition) is 2. The van der Waals surface area contributed by atoms with Crippen LogP contribution in [0.4, 0.5) is 12.9 Å². The van der Waals surface area contributed by atoms with Crippen molar-refractivity contribution in [3.8, 4) is 0 Å². The zero-order valence-electron chi connectivity index (χ0n) is 9.56. The molecule has 0 atom stereocenters. The molecule has 0 aliphatic carbocycles. The molecule has 0 amide bonds. The van der Waals surface area contributed by atoms with Crippen LogP contribution in [0.2, 0.25) is 0 Å². The van der Waals surface area contributed by atoms with Gasteiger partial charge in [-0.3, -0.25) is 0 Å². The minimum absolute atomic E-state index is 0.